The summed E-state index contributed by atoms with van der Waals surface area (Å²) < 4.78 is 45.0. The summed E-state index contributed by atoms with van der Waals surface area (Å²) in [7, 11) is 2.65. The third-order valence-electron chi connectivity index (χ3n) is 4.16. The number of alkyl halides is 2. The van der Waals surface area contributed by atoms with E-state index in [0.29, 0.717) is 11.5 Å². The highest BCUT2D eigenvalue weighted by Gasteiger charge is 2.26. The summed E-state index contributed by atoms with van der Waals surface area (Å²) in [6.07, 6.45) is 1.26. The molecule has 29 heavy (non-hydrogen) atoms. The molecule has 0 atom stereocenters. The number of nitro benzene ring substituents is 1. The van der Waals surface area contributed by atoms with Crippen molar-refractivity contribution in [3.63, 3.8) is 0 Å². The molecule has 8 nitrogen and oxygen atoms in total. The fourth-order valence-corrected chi connectivity index (χ4v) is 2.81. The lowest BCUT2D eigenvalue weighted by Gasteiger charge is -2.19. The number of nitrogens with zero attached hydrogens (tertiary/aromatic N) is 1. The van der Waals surface area contributed by atoms with E-state index in [-0.39, 0.29) is 29.1 Å². The quantitative estimate of drug-likeness (QED) is 0.407. The molecule has 3 rings (SSSR count). The summed E-state index contributed by atoms with van der Waals surface area (Å²) in [5, 5.41) is 11.4. The first kappa shape index (κ1) is 20.1. The number of ether oxygens (including phenoxy) is 4. The summed E-state index contributed by atoms with van der Waals surface area (Å²) in [6.45, 7) is -3.31. The van der Waals surface area contributed by atoms with Crippen LogP contribution in [0.5, 0.6) is 23.0 Å². The zero-order chi connectivity index (χ0) is 21.1. The Morgan fingerprint density at radius 2 is 1.93 bits per heavy atom. The first-order chi connectivity index (χ1) is 13.8. The Morgan fingerprint density at radius 3 is 2.55 bits per heavy atom. The van der Waals surface area contributed by atoms with Gasteiger partial charge >= 0.3 is 6.61 Å². The molecule has 0 saturated heterocycles. The van der Waals surface area contributed by atoms with Crippen molar-refractivity contribution in [1.29, 1.82) is 0 Å². The largest absolute Gasteiger partial charge is 0.497 e. The van der Waals surface area contributed by atoms with Gasteiger partial charge in [0.2, 0.25) is 0 Å². The van der Waals surface area contributed by atoms with Crippen LogP contribution >= 0.6 is 0 Å². The molecule has 0 N–H and O–H groups in total. The summed E-state index contributed by atoms with van der Waals surface area (Å²) in [4.78, 5) is 23.5. The van der Waals surface area contributed by atoms with E-state index in [1.807, 2.05) is 0 Å². The number of methoxy groups -OCH3 is 2. The van der Waals surface area contributed by atoms with E-state index in [4.69, 9.17) is 14.2 Å². The van der Waals surface area contributed by atoms with Gasteiger partial charge in [0, 0.05) is 5.57 Å². The van der Waals surface area contributed by atoms with E-state index in [1.54, 1.807) is 12.1 Å². The van der Waals surface area contributed by atoms with Crippen LogP contribution in [0.4, 0.5) is 14.5 Å². The maximum Gasteiger partial charge on any atom is 0.387 e. The van der Waals surface area contributed by atoms with Gasteiger partial charge in [-0.25, -0.2) is 0 Å². The number of Topliss-reactive ketones (excluding diaryl/α,β-unsaturated/α-hetero) is 1. The molecule has 0 saturated carbocycles. The van der Waals surface area contributed by atoms with Crippen LogP contribution < -0.4 is 18.9 Å². The molecule has 0 aromatic heterocycles. The van der Waals surface area contributed by atoms with Gasteiger partial charge in [-0.05, 0) is 30.3 Å². The Bertz CT molecular complexity index is 1000. The zero-order valence-electron chi connectivity index (χ0n) is 15.3. The minimum absolute atomic E-state index is 0.0215. The van der Waals surface area contributed by atoms with E-state index in [0.717, 1.165) is 12.1 Å². The van der Waals surface area contributed by atoms with Crippen molar-refractivity contribution in [2.45, 2.75) is 6.61 Å². The number of benzene rings is 2. The van der Waals surface area contributed by atoms with Crippen molar-refractivity contribution in [2.75, 3.05) is 20.8 Å². The van der Waals surface area contributed by atoms with Crippen molar-refractivity contribution in [2.24, 2.45) is 0 Å². The highest BCUT2D eigenvalue weighted by molar-refractivity contribution is 6.14. The van der Waals surface area contributed by atoms with Crippen molar-refractivity contribution < 1.29 is 37.4 Å². The molecule has 152 valence electrons. The van der Waals surface area contributed by atoms with E-state index >= 15 is 0 Å². The van der Waals surface area contributed by atoms with Crippen LogP contribution in [-0.2, 0) is 0 Å². The Hall–Kier alpha value is -3.69. The van der Waals surface area contributed by atoms with Crippen LogP contribution in [0.15, 0.2) is 35.9 Å². The fraction of sp³-hybridized carbons (Fsp3) is 0.211. The highest BCUT2D eigenvalue weighted by Crippen LogP contribution is 2.38. The lowest BCUT2D eigenvalue weighted by Crippen LogP contribution is -2.19. The molecule has 10 heteroatoms. The Kier molecular flexibility index (Phi) is 5.62. The van der Waals surface area contributed by atoms with E-state index in [9.17, 15) is 23.7 Å². The Morgan fingerprint density at radius 1 is 1.17 bits per heavy atom. The number of hydrogen-bond acceptors (Lipinski definition) is 7. The van der Waals surface area contributed by atoms with Gasteiger partial charge in [-0.1, -0.05) is 0 Å². The van der Waals surface area contributed by atoms with Gasteiger partial charge in [0.15, 0.2) is 17.3 Å². The van der Waals surface area contributed by atoms with Crippen molar-refractivity contribution in [3.05, 3.63) is 57.1 Å². The van der Waals surface area contributed by atoms with Gasteiger partial charge in [-0.15, -0.1) is 0 Å². The number of fused-ring (bicyclic) bond motifs is 1. The zero-order valence-corrected chi connectivity index (χ0v) is 15.3. The first-order valence-corrected chi connectivity index (χ1v) is 8.21. The molecule has 0 fully saturated rings. The van der Waals surface area contributed by atoms with Gasteiger partial charge in [-0.2, -0.15) is 8.78 Å². The predicted octanol–water partition coefficient (Wildman–Crippen LogP) is 3.87. The van der Waals surface area contributed by atoms with E-state index in [2.05, 4.69) is 4.74 Å². The maximum atomic E-state index is 12.8. The second-order valence-electron chi connectivity index (χ2n) is 5.85. The number of nitro groups is 1. The summed E-state index contributed by atoms with van der Waals surface area (Å²) >= 11 is 0. The molecule has 0 spiro atoms. The number of ketones is 1. The molecule has 0 bridgehead atoms. The monoisotopic (exact) mass is 407 g/mol. The molecule has 1 aliphatic rings. The number of hydrogen-bond donors (Lipinski definition) is 0. The van der Waals surface area contributed by atoms with E-state index in [1.165, 1.54) is 26.4 Å². The highest BCUT2D eigenvalue weighted by atomic mass is 19.3. The molecule has 0 radical (unpaired) electrons. The number of halogens is 2. The number of rotatable bonds is 6. The second-order valence-corrected chi connectivity index (χ2v) is 5.85. The molecule has 0 unspecified atom stereocenters. The molecular formula is C19H15F2NO7. The van der Waals surface area contributed by atoms with Crippen LogP contribution in [-0.4, -0.2) is 38.1 Å². The number of carbonyl (C=O) groups is 1. The van der Waals surface area contributed by atoms with Crippen LogP contribution in [0.1, 0.15) is 15.9 Å². The van der Waals surface area contributed by atoms with E-state index < -0.39 is 28.8 Å². The lowest BCUT2D eigenvalue weighted by atomic mass is 9.97. The third-order valence-corrected chi connectivity index (χ3v) is 4.16. The Labute approximate surface area is 163 Å². The van der Waals surface area contributed by atoms with Crippen LogP contribution in [0.25, 0.3) is 6.08 Å². The van der Waals surface area contributed by atoms with Crippen molar-refractivity contribution in [1.82, 2.24) is 0 Å². The lowest BCUT2D eigenvalue weighted by molar-refractivity contribution is -0.385. The van der Waals surface area contributed by atoms with Gasteiger partial charge in [-0.3, -0.25) is 14.9 Å². The van der Waals surface area contributed by atoms with Gasteiger partial charge < -0.3 is 18.9 Å². The average molecular weight is 407 g/mol. The molecule has 1 heterocycles. The first-order valence-electron chi connectivity index (χ1n) is 8.21. The van der Waals surface area contributed by atoms with Crippen molar-refractivity contribution in [3.8, 4) is 23.0 Å². The van der Waals surface area contributed by atoms with Gasteiger partial charge in [0.05, 0.1) is 36.3 Å². The van der Waals surface area contributed by atoms with Crippen LogP contribution in [0, 0.1) is 10.1 Å². The maximum absolute atomic E-state index is 12.8. The summed E-state index contributed by atoms with van der Waals surface area (Å²) in [6, 6.07) is 6.70. The normalized spacial score (nSPS) is 14.4. The third kappa shape index (κ3) is 4.10. The van der Waals surface area contributed by atoms with Crippen LogP contribution in [0.2, 0.25) is 0 Å². The van der Waals surface area contributed by atoms with Crippen molar-refractivity contribution >= 4 is 17.5 Å². The number of carbonyl (C=O) groups excluding carboxylic acids is 1. The van der Waals surface area contributed by atoms with Gasteiger partial charge in [0.25, 0.3) is 5.69 Å². The minimum atomic E-state index is -3.19. The topological polar surface area (TPSA) is 97.1 Å². The SMILES string of the molecule is COc1ccc2c(c1)C(=O)/C(=C/c1cc(OC)c(OC(F)F)cc1[N+](=O)[O-])CO2. The Balaban J connectivity index is 2.07. The molecule has 0 amide bonds. The van der Waals surface area contributed by atoms with Crippen LogP contribution in [0.3, 0.4) is 0 Å². The smallest absolute Gasteiger partial charge is 0.387 e. The summed E-state index contributed by atoms with van der Waals surface area (Å²) in [5.74, 6) is -0.221. The predicted molar refractivity (Wildman–Crippen MR) is 97.1 cm³/mol. The molecule has 2 aromatic carbocycles. The standard InChI is InChI=1S/C19H15F2NO7/c1-26-12-3-4-15-13(7-12)18(23)11(9-28-15)5-10-6-16(27-2)17(29-19(20)21)8-14(10)22(24)25/h3-8,19H,9H2,1-2H3/b11-5+. The molecule has 1 aliphatic heterocycles. The molecule has 0 aliphatic carbocycles. The second kappa shape index (κ2) is 8.13. The molecular weight excluding hydrogens is 392 g/mol. The summed E-state index contributed by atoms with van der Waals surface area (Å²) in [5.41, 5.74) is -0.169. The average Bonchev–Trinajstić information content (AvgIpc) is 2.70. The minimum Gasteiger partial charge on any atom is -0.497 e. The van der Waals surface area contributed by atoms with Gasteiger partial charge in [0.1, 0.15) is 18.1 Å². The molecule has 2 aromatic rings. The fourth-order valence-electron chi connectivity index (χ4n) is 2.81.